The summed E-state index contributed by atoms with van der Waals surface area (Å²) in [6, 6.07) is 17.0. The van der Waals surface area contributed by atoms with Crippen molar-refractivity contribution in [2.45, 2.75) is 30.2 Å². The van der Waals surface area contributed by atoms with Crippen LogP contribution < -0.4 is 5.73 Å². The van der Waals surface area contributed by atoms with E-state index in [0.29, 0.717) is 18.0 Å². The average molecular weight is 367 g/mol. The van der Waals surface area contributed by atoms with E-state index in [1.54, 1.807) is 16.4 Å². The van der Waals surface area contributed by atoms with E-state index in [2.05, 4.69) is 0 Å². The topological polar surface area (TPSA) is 63.4 Å². The molecule has 1 fully saturated rings. The Balaban J connectivity index is 0.00000208. The number of piperidine rings is 1. The third-order valence-electron chi connectivity index (χ3n) is 4.41. The van der Waals surface area contributed by atoms with Crippen molar-refractivity contribution < 1.29 is 8.42 Å². The van der Waals surface area contributed by atoms with Crippen LogP contribution in [0.25, 0.3) is 11.1 Å². The molecule has 0 saturated carbocycles. The van der Waals surface area contributed by atoms with Gasteiger partial charge in [-0.3, -0.25) is 0 Å². The van der Waals surface area contributed by atoms with Crippen LogP contribution in [0.15, 0.2) is 59.5 Å². The molecule has 130 valence electrons. The minimum Gasteiger partial charge on any atom is -0.329 e. The zero-order valence-electron chi connectivity index (χ0n) is 13.5. The lowest BCUT2D eigenvalue weighted by atomic mass is 10.1. The van der Waals surface area contributed by atoms with Crippen LogP contribution in [0.5, 0.6) is 0 Å². The van der Waals surface area contributed by atoms with Gasteiger partial charge in [-0.15, -0.1) is 12.4 Å². The van der Waals surface area contributed by atoms with Gasteiger partial charge >= 0.3 is 0 Å². The minimum atomic E-state index is -3.47. The zero-order chi connectivity index (χ0) is 16.3. The lowest BCUT2D eigenvalue weighted by molar-refractivity contribution is 0.257. The summed E-state index contributed by atoms with van der Waals surface area (Å²) < 4.78 is 27.3. The third-order valence-corrected chi connectivity index (χ3v) is 6.38. The van der Waals surface area contributed by atoms with E-state index in [1.807, 2.05) is 42.5 Å². The van der Waals surface area contributed by atoms with Crippen LogP contribution in [-0.4, -0.2) is 31.9 Å². The highest BCUT2D eigenvalue weighted by Crippen LogP contribution is 2.27. The first-order valence-corrected chi connectivity index (χ1v) is 9.44. The summed E-state index contributed by atoms with van der Waals surface area (Å²) in [5, 5.41) is 0. The quantitative estimate of drug-likeness (QED) is 0.903. The first kappa shape index (κ1) is 18.9. The summed E-state index contributed by atoms with van der Waals surface area (Å²) in [6.45, 7) is 0.936. The lowest BCUT2D eigenvalue weighted by Gasteiger charge is -2.33. The molecule has 2 aromatic rings. The van der Waals surface area contributed by atoms with Crippen molar-refractivity contribution in [2.75, 3.05) is 13.1 Å². The Kier molecular flexibility index (Phi) is 6.40. The molecule has 0 spiro atoms. The molecular weight excluding hydrogens is 344 g/mol. The van der Waals surface area contributed by atoms with Gasteiger partial charge in [-0.1, -0.05) is 48.9 Å². The van der Waals surface area contributed by atoms with Crippen molar-refractivity contribution in [3.8, 4) is 11.1 Å². The summed E-state index contributed by atoms with van der Waals surface area (Å²) >= 11 is 0. The number of benzene rings is 2. The first-order chi connectivity index (χ1) is 11.1. The van der Waals surface area contributed by atoms with E-state index in [4.69, 9.17) is 5.73 Å². The highest BCUT2D eigenvalue weighted by atomic mass is 35.5. The fraction of sp³-hybridized carbons (Fsp3) is 0.333. The van der Waals surface area contributed by atoms with Gasteiger partial charge in [0.2, 0.25) is 10.0 Å². The Hall–Kier alpha value is -1.40. The summed E-state index contributed by atoms with van der Waals surface area (Å²) in [7, 11) is -3.47. The van der Waals surface area contributed by atoms with Crippen LogP contribution in [-0.2, 0) is 10.0 Å². The van der Waals surface area contributed by atoms with Crippen molar-refractivity contribution in [1.29, 1.82) is 0 Å². The number of hydrogen-bond donors (Lipinski definition) is 1. The second-order valence-corrected chi connectivity index (χ2v) is 7.78. The molecule has 1 aliphatic heterocycles. The molecule has 1 atom stereocenters. The predicted octanol–water partition coefficient (Wildman–Crippen LogP) is 3.28. The molecule has 1 heterocycles. The normalized spacial score (nSPS) is 18.8. The van der Waals surface area contributed by atoms with Gasteiger partial charge < -0.3 is 5.73 Å². The molecule has 0 amide bonds. The Morgan fingerprint density at radius 2 is 1.58 bits per heavy atom. The van der Waals surface area contributed by atoms with Crippen molar-refractivity contribution in [3.63, 3.8) is 0 Å². The number of halogens is 1. The zero-order valence-corrected chi connectivity index (χ0v) is 15.1. The minimum absolute atomic E-state index is 0. The highest BCUT2D eigenvalue weighted by Gasteiger charge is 2.32. The number of sulfonamides is 1. The van der Waals surface area contributed by atoms with Gasteiger partial charge in [-0.25, -0.2) is 8.42 Å². The second kappa shape index (κ2) is 8.12. The Morgan fingerprint density at radius 1 is 0.958 bits per heavy atom. The summed E-state index contributed by atoms with van der Waals surface area (Å²) in [5.74, 6) is 0. The van der Waals surface area contributed by atoms with Crippen molar-refractivity contribution in [1.82, 2.24) is 4.31 Å². The van der Waals surface area contributed by atoms with Gasteiger partial charge in [0.1, 0.15) is 0 Å². The van der Waals surface area contributed by atoms with Gasteiger partial charge in [0.05, 0.1) is 4.90 Å². The molecular formula is C18H23ClN2O2S. The van der Waals surface area contributed by atoms with E-state index in [-0.39, 0.29) is 18.4 Å². The van der Waals surface area contributed by atoms with Crippen LogP contribution in [0.3, 0.4) is 0 Å². The first-order valence-electron chi connectivity index (χ1n) is 8.00. The van der Waals surface area contributed by atoms with Crippen LogP contribution >= 0.6 is 12.4 Å². The average Bonchev–Trinajstić information content (AvgIpc) is 2.62. The molecule has 24 heavy (non-hydrogen) atoms. The number of rotatable bonds is 4. The standard InChI is InChI=1S/C18H22N2O2S.ClH/c19-14-17-8-4-5-13-20(17)23(21,22)18-11-9-16(10-12-18)15-6-2-1-3-7-15;/h1-3,6-7,9-12,17H,4-5,8,13-14,19H2;1H. The molecule has 6 heteroatoms. The van der Waals surface area contributed by atoms with Crippen LogP contribution in [0.4, 0.5) is 0 Å². The molecule has 1 aliphatic rings. The summed E-state index contributed by atoms with van der Waals surface area (Å²) in [6.07, 6.45) is 2.79. The monoisotopic (exact) mass is 366 g/mol. The van der Waals surface area contributed by atoms with Crippen LogP contribution in [0.1, 0.15) is 19.3 Å². The molecule has 2 aromatic carbocycles. The van der Waals surface area contributed by atoms with Crippen molar-refractivity contribution in [3.05, 3.63) is 54.6 Å². The maximum atomic E-state index is 12.9. The summed E-state index contributed by atoms with van der Waals surface area (Å²) in [4.78, 5) is 0.345. The van der Waals surface area contributed by atoms with E-state index >= 15 is 0 Å². The molecule has 0 bridgehead atoms. The molecule has 4 nitrogen and oxygen atoms in total. The molecule has 1 saturated heterocycles. The fourth-order valence-corrected chi connectivity index (χ4v) is 4.82. The molecule has 3 rings (SSSR count). The largest absolute Gasteiger partial charge is 0.329 e. The van der Waals surface area contributed by atoms with E-state index < -0.39 is 10.0 Å². The maximum Gasteiger partial charge on any atom is 0.243 e. The van der Waals surface area contributed by atoms with Crippen LogP contribution in [0.2, 0.25) is 0 Å². The molecule has 0 aliphatic carbocycles. The highest BCUT2D eigenvalue weighted by molar-refractivity contribution is 7.89. The van der Waals surface area contributed by atoms with Crippen LogP contribution in [0, 0.1) is 0 Å². The van der Waals surface area contributed by atoms with Gasteiger partial charge in [-0.2, -0.15) is 4.31 Å². The number of nitrogens with two attached hydrogens (primary N) is 1. The van der Waals surface area contributed by atoms with E-state index in [9.17, 15) is 8.42 Å². The molecule has 0 radical (unpaired) electrons. The summed E-state index contributed by atoms with van der Waals surface area (Å²) in [5.41, 5.74) is 7.85. The predicted molar refractivity (Wildman–Crippen MR) is 99.7 cm³/mol. The fourth-order valence-electron chi connectivity index (χ4n) is 3.11. The van der Waals surface area contributed by atoms with Crippen molar-refractivity contribution in [2.24, 2.45) is 5.73 Å². The van der Waals surface area contributed by atoms with E-state index in [1.165, 1.54) is 0 Å². The Bertz CT molecular complexity index is 748. The van der Waals surface area contributed by atoms with E-state index in [0.717, 1.165) is 30.4 Å². The number of nitrogens with zero attached hydrogens (tertiary/aromatic N) is 1. The van der Waals surface area contributed by atoms with Gasteiger partial charge in [0.15, 0.2) is 0 Å². The lowest BCUT2D eigenvalue weighted by Crippen LogP contribution is -2.47. The Labute approximate surface area is 150 Å². The van der Waals surface area contributed by atoms with Gasteiger partial charge in [0, 0.05) is 19.1 Å². The van der Waals surface area contributed by atoms with Gasteiger partial charge in [-0.05, 0) is 36.1 Å². The van der Waals surface area contributed by atoms with Crippen molar-refractivity contribution >= 4 is 22.4 Å². The molecule has 1 unspecified atom stereocenters. The molecule has 2 N–H and O–H groups in total. The second-order valence-electron chi connectivity index (χ2n) is 5.89. The molecule has 0 aromatic heterocycles. The SMILES string of the molecule is Cl.NCC1CCCCN1S(=O)(=O)c1ccc(-c2ccccc2)cc1. The Morgan fingerprint density at radius 3 is 2.21 bits per heavy atom. The smallest absolute Gasteiger partial charge is 0.243 e. The number of hydrogen-bond acceptors (Lipinski definition) is 3. The van der Waals surface area contributed by atoms with Gasteiger partial charge in [0.25, 0.3) is 0 Å². The maximum absolute atomic E-state index is 12.9. The third kappa shape index (κ3) is 3.81.